The SMILES string of the molecule is NS(=O)(=O)CCc1cn(-c2ccc3c(c2)NCCC3)nn1. The first-order chi connectivity index (χ1) is 10.0. The molecule has 3 N–H and O–H groups in total. The molecule has 0 spiro atoms. The molecule has 0 unspecified atom stereocenters. The molecule has 0 fully saturated rings. The minimum Gasteiger partial charge on any atom is -0.385 e. The van der Waals surface area contributed by atoms with Gasteiger partial charge in [0.15, 0.2) is 0 Å². The number of anilines is 1. The maximum Gasteiger partial charge on any atom is 0.209 e. The highest BCUT2D eigenvalue weighted by Gasteiger charge is 2.11. The Labute approximate surface area is 123 Å². The summed E-state index contributed by atoms with van der Waals surface area (Å²) in [5.41, 5.74) is 3.94. The highest BCUT2D eigenvalue weighted by molar-refractivity contribution is 7.89. The Bertz CT molecular complexity index is 754. The smallest absolute Gasteiger partial charge is 0.209 e. The molecule has 0 radical (unpaired) electrons. The van der Waals surface area contributed by atoms with Crippen LogP contribution >= 0.6 is 0 Å². The number of hydrogen-bond donors (Lipinski definition) is 2. The van der Waals surface area contributed by atoms with Gasteiger partial charge < -0.3 is 5.32 Å². The van der Waals surface area contributed by atoms with E-state index < -0.39 is 10.0 Å². The molecule has 2 heterocycles. The number of aromatic nitrogens is 3. The van der Waals surface area contributed by atoms with Crippen molar-refractivity contribution in [3.05, 3.63) is 35.7 Å². The van der Waals surface area contributed by atoms with Gasteiger partial charge in [-0.15, -0.1) is 5.10 Å². The normalized spacial score (nSPS) is 14.5. The van der Waals surface area contributed by atoms with E-state index in [1.165, 1.54) is 5.56 Å². The van der Waals surface area contributed by atoms with Gasteiger partial charge in [-0.1, -0.05) is 11.3 Å². The van der Waals surface area contributed by atoms with Gasteiger partial charge in [0.05, 0.1) is 23.3 Å². The van der Waals surface area contributed by atoms with Crippen LogP contribution in [0.4, 0.5) is 5.69 Å². The Morgan fingerprint density at radius 1 is 1.38 bits per heavy atom. The number of nitrogens with two attached hydrogens (primary N) is 1. The lowest BCUT2D eigenvalue weighted by molar-refractivity contribution is 0.596. The summed E-state index contributed by atoms with van der Waals surface area (Å²) in [6.45, 7) is 0.980. The minimum absolute atomic E-state index is 0.128. The first kappa shape index (κ1) is 14.0. The van der Waals surface area contributed by atoms with Crippen molar-refractivity contribution in [2.45, 2.75) is 19.3 Å². The van der Waals surface area contributed by atoms with Gasteiger partial charge in [-0.3, -0.25) is 0 Å². The third kappa shape index (κ3) is 3.40. The molecule has 0 saturated heterocycles. The van der Waals surface area contributed by atoms with Crippen molar-refractivity contribution in [2.24, 2.45) is 5.14 Å². The van der Waals surface area contributed by atoms with Crippen LogP contribution in [-0.2, 0) is 22.9 Å². The molecule has 0 saturated carbocycles. The number of sulfonamides is 1. The van der Waals surface area contributed by atoms with E-state index in [2.05, 4.69) is 21.7 Å². The summed E-state index contributed by atoms with van der Waals surface area (Å²) in [5, 5.41) is 16.4. The molecular formula is C13H17N5O2S. The Balaban J connectivity index is 1.80. The van der Waals surface area contributed by atoms with E-state index in [1.54, 1.807) is 10.9 Å². The van der Waals surface area contributed by atoms with E-state index in [4.69, 9.17) is 5.14 Å². The van der Waals surface area contributed by atoms with Crippen molar-refractivity contribution in [1.82, 2.24) is 15.0 Å². The summed E-state index contributed by atoms with van der Waals surface area (Å²) in [7, 11) is -3.48. The van der Waals surface area contributed by atoms with Crippen LogP contribution in [0.5, 0.6) is 0 Å². The highest BCUT2D eigenvalue weighted by atomic mass is 32.2. The molecule has 0 amide bonds. The lowest BCUT2D eigenvalue weighted by Gasteiger charge is -2.18. The van der Waals surface area contributed by atoms with Crippen molar-refractivity contribution in [1.29, 1.82) is 0 Å². The maximum atomic E-state index is 11.0. The Kier molecular flexibility index (Phi) is 3.64. The van der Waals surface area contributed by atoms with Crippen LogP contribution in [0.15, 0.2) is 24.4 Å². The number of fused-ring (bicyclic) bond motifs is 1. The molecule has 8 heteroatoms. The van der Waals surface area contributed by atoms with Crippen LogP contribution in [-0.4, -0.2) is 35.7 Å². The largest absolute Gasteiger partial charge is 0.385 e. The zero-order chi connectivity index (χ0) is 14.9. The molecule has 1 aliphatic rings. The minimum atomic E-state index is -3.48. The molecule has 0 bridgehead atoms. The second kappa shape index (κ2) is 5.45. The fraction of sp³-hybridized carbons (Fsp3) is 0.385. The summed E-state index contributed by atoms with van der Waals surface area (Å²) in [4.78, 5) is 0. The van der Waals surface area contributed by atoms with Crippen molar-refractivity contribution in [3.63, 3.8) is 0 Å². The zero-order valence-corrected chi connectivity index (χ0v) is 12.3. The van der Waals surface area contributed by atoms with Crippen LogP contribution in [0.25, 0.3) is 5.69 Å². The van der Waals surface area contributed by atoms with E-state index in [9.17, 15) is 8.42 Å². The predicted octanol–water partition coefficient (Wildman–Crippen LogP) is 0.456. The van der Waals surface area contributed by atoms with Gasteiger partial charge in [-0.05, 0) is 30.5 Å². The third-order valence-corrected chi connectivity index (χ3v) is 4.25. The summed E-state index contributed by atoms with van der Waals surface area (Å²) >= 11 is 0. The van der Waals surface area contributed by atoms with Gasteiger partial charge in [0.25, 0.3) is 0 Å². The van der Waals surface area contributed by atoms with Gasteiger partial charge >= 0.3 is 0 Å². The summed E-state index contributed by atoms with van der Waals surface area (Å²) in [6.07, 6.45) is 4.23. The standard InChI is InChI=1S/C13H17N5O2S/c14-21(19,20)7-5-11-9-18(17-16-11)12-4-3-10-2-1-6-15-13(10)8-12/h3-4,8-9,15H,1-2,5-7H2,(H2,14,19,20). The molecule has 1 aliphatic heterocycles. The highest BCUT2D eigenvalue weighted by Crippen LogP contribution is 2.24. The van der Waals surface area contributed by atoms with Gasteiger partial charge in [0.2, 0.25) is 10.0 Å². The molecule has 0 atom stereocenters. The van der Waals surface area contributed by atoms with Gasteiger partial charge in [0, 0.05) is 18.7 Å². The predicted molar refractivity (Wildman–Crippen MR) is 79.8 cm³/mol. The number of benzene rings is 1. The molecule has 1 aromatic heterocycles. The average Bonchev–Trinajstić information content (AvgIpc) is 2.93. The van der Waals surface area contributed by atoms with Crippen LogP contribution in [0.3, 0.4) is 0 Å². The molecule has 3 rings (SSSR count). The van der Waals surface area contributed by atoms with Gasteiger partial charge in [-0.25, -0.2) is 18.2 Å². The van der Waals surface area contributed by atoms with Gasteiger partial charge in [0.1, 0.15) is 0 Å². The number of rotatable bonds is 4. The first-order valence-electron chi connectivity index (χ1n) is 6.80. The fourth-order valence-corrected chi connectivity index (χ4v) is 2.87. The average molecular weight is 307 g/mol. The second-order valence-electron chi connectivity index (χ2n) is 5.14. The summed E-state index contributed by atoms with van der Waals surface area (Å²) < 4.78 is 23.6. The number of aryl methyl sites for hydroxylation is 2. The number of hydrogen-bond acceptors (Lipinski definition) is 5. The van der Waals surface area contributed by atoms with E-state index in [1.807, 2.05) is 12.1 Å². The van der Waals surface area contributed by atoms with E-state index in [-0.39, 0.29) is 12.2 Å². The Hall–Kier alpha value is -1.93. The number of nitrogens with zero attached hydrogens (tertiary/aromatic N) is 3. The van der Waals surface area contributed by atoms with Crippen LogP contribution in [0.2, 0.25) is 0 Å². The Morgan fingerprint density at radius 2 is 2.24 bits per heavy atom. The number of primary sulfonamides is 1. The molecule has 112 valence electrons. The van der Waals surface area contributed by atoms with Crippen LogP contribution < -0.4 is 10.5 Å². The molecule has 21 heavy (non-hydrogen) atoms. The quantitative estimate of drug-likeness (QED) is 0.854. The second-order valence-corrected chi connectivity index (χ2v) is 6.88. The fourth-order valence-electron chi connectivity index (χ4n) is 2.38. The van der Waals surface area contributed by atoms with Crippen LogP contribution in [0.1, 0.15) is 17.7 Å². The molecular weight excluding hydrogens is 290 g/mol. The summed E-state index contributed by atoms with van der Waals surface area (Å²) in [5.74, 6) is -0.128. The lowest BCUT2D eigenvalue weighted by atomic mass is 10.0. The maximum absolute atomic E-state index is 11.0. The third-order valence-electron chi connectivity index (χ3n) is 3.48. The monoisotopic (exact) mass is 307 g/mol. The molecule has 1 aromatic carbocycles. The van der Waals surface area contributed by atoms with E-state index in [0.29, 0.717) is 5.69 Å². The Morgan fingerprint density at radius 3 is 3.05 bits per heavy atom. The van der Waals surface area contributed by atoms with E-state index in [0.717, 1.165) is 30.8 Å². The lowest BCUT2D eigenvalue weighted by Crippen LogP contribution is -2.18. The zero-order valence-electron chi connectivity index (χ0n) is 11.5. The molecule has 7 nitrogen and oxygen atoms in total. The number of nitrogens with one attached hydrogen (secondary N) is 1. The van der Waals surface area contributed by atoms with Crippen LogP contribution in [0, 0.1) is 0 Å². The van der Waals surface area contributed by atoms with Crippen molar-refractivity contribution < 1.29 is 8.42 Å². The first-order valence-corrected chi connectivity index (χ1v) is 8.52. The topological polar surface area (TPSA) is 103 Å². The van der Waals surface area contributed by atoms with Crippen molar-refractivity contribution in [3.8, 4) is 5.69 Å². The molecule has 2 aromatic rings. The van der Waals surface area contributed by atoms with Crippen molar-refractivity contribution >= 4 is 15.7 Å². The van der Waals surface area contributed by atoms with Gasteiger partial charge in [-0.2, -0.15) is 0 Å². The molecule has 0 aliphatic carbocycles. The van der Waals surface area contributed by atoms with Crippen molar-refractivity contribution in [2.75, 3.05) is 17.6 Å². The van der Waals surface area contributed by atoms with E-state index >= 15 is 0 Å². The summed E-state index contributed by atoms with van der Waals surface area (Å²) in [6, 6.07) is 6.11.